The molecule has 104 valence electrons. The molecule has 1 unspecified atom stereocenters. The number of carbonyl (C=O) groups is 1. The molecule has 3 heteroatoms. The van der Waals surface area contributed by atoms with Crippen molar-refractivity contribution < 1.29 is 14.6 Å². The molecule has 0 aromatic carbocycles. The summed E-state index contributed by atoms with van der Waals surface area (Å²) < 4.78 is 5.13. The lowest BCUT2D eigenvalue weighted by Crippen LogP contribution is -2.19. The topological polar surface area (TPSA) is 46.5 Å². The summed E-state index contributed by atoms with van der Waals surface area (Å²) in [6, 6.07) is 0. The molecule has 0 radical (unpaired) electrons. The van der Waals surface area contributed by atoms with Gasteiger partial charge in [-0.25, -0.2) is 0 Å². The van der Waals surface area contributed by atoms with Gasteiger partial charge in [-0.1, -0.05) is 26.0 Å². The van der Waals surface area contributed by atoms with Crippen molar-refractivity contribution >= 4 is 5.97 Å². The van der Waals surface area contributed by atoms with Gasteiger partial charge in [0.1, 0.15) is 6.61 Å². The fourth-order valence-corrected chi connectivity index (χ4v) is 1.36. The van der Waals surface area contributed by atoms with E-state index in [1.54, 1.807) is 13.0 Å². The molecule has 18 heavy (non-hydrogen) atoms. The summed E-state index contributed by atoms with van der Waals surface area (Å²) in [6.45, 7) is 11.5. The Bertz CT molecular complexity index is 301. The first-order valence-electron chi connectivity index (χ1n) is 6.44. The van der Waals surface area contributed by atoms with Crippen LogP contribution in [0, 0.1) is 5.92 Å². The molecule has 0 saturated carbocycles. The van der Waals surface area contributed by atoms with Crippen LogP contribution in [0.4, 0.5) is 0 Å². The van der Waals surface area contributed by atoms with Gasteiger partial charge in [0.2, 0.25) is 0 Å². The van der Waals surface area contributed by atoms with E-state index in [1.165, 1.54) is 0 Å². The van der Waals surface area contributed by atoms with Crippen molar-refractivity contribution in [3.05, 3.63) is 24.3 Å². The first kappa shape index (κ1) is 16.9. The third-order valence-corrected chi connectivity index (χ3v) is 2.62. The summed E-state index contributed by atoms with van der Waals surface area (Å²) in [5, 5.41) is 9.72. The third-order valence-electron chi connectivity index (χ3n) is 2.62. The molecule has 0 aliphatic rings. The van der Waals surface area contributed by atoms with E-state index in [1.807, 2.05) is 26.8 Å². The number of ether oxygens (including phenoxy) is 1. The minimum Gasteiger partial charge on any atom is -0.461 e. The molecule has 3 nitrogen and oxygen atoms in total. The second kappa shape index (κ2) is 8.09. The smallest absolute Gasteiger partial charge is 0.306 e. The van der Waals surface area contributed by atoms with Crippen molar-refractivity contribution in [2.75, 3.05) is 6.61 Å². The maximum absolute atomic E-state index is 11.3. The number of allylic oxidation sites excluding steroid dienone is 1. The van der Waals surface area contributed by atoms with E-state index in [4.69, 9.17) is 4.74 Å². The number of aliphatic hydroxyl groups is 1. The SMILES string of the molecule is C=CC(C)(O)CC/C=C(\C)COC(=O)CC(C)C. The standard InChI is InChI=1S/C15H26O3/c1-6-15(5,17)9-7-8-13(4)11-18-14(16)10-12(2)3/h6,8,12,17H,1,7,9-11H2,2-5H3/b13-8+. The Morgan fingerprint density at radius 2 is 2.11 bits per heavy atom. The Kier molecular flexibility index (Phi) is 7.60. The molecule has 0 aromatic heterocycles. The number of hydrogen-bond donors (Lipinski definition) is 1. The van der Waals surface area contributed by atoms with Crippen LogP contribution in [0.25, 0.3) is 0 Å². The van der Waals surface area contributed by atoms with E-state index in [2.05, 4.69) is 6.58 Å². The van der Waals surface area contributed by atoms with E-state index in [0.717, 1.165) is 12.0 Å². The predicted molar refractivity (Wildman–Crippen MR) is 74.2 cm³/mol. The quantitative estimate of drug-likeness (QED) is 0.534. The molecule has 0 aromatic rings. The van der Waals surface area contributed by atoms with Crippen LogP contribution < -0.4 is 0 Å². The lowest BCUT2D eigenvalue weighted by Gasteiger charge is -2.16. The van der Waals surface area contributed by atoms with Crippen LogP contribution >= 0.6 is 0 Å². The van der Waals surface area contributed by atoms with Gasteiger partial charge in [0.15, 0.2) is 0 Å². The molecule has 0 spiro atoms. The van der Waals surface area contributed by atoms with Crippen LogP contribution in [0.3, 0.4) is 0 Å². The Hall–Kier alpha value is -1.09. The fraction of sp³-hybridized carbons (Fsp3) is 0.667. The maximum Gasteiger partial charge on any atom is 0.306 e. The van der Waals surface area contributed by atoms with Gasteiger partial charge in [-0.15, -0.1) is 6.58 Å². The summed E-state index contributed by atoms with van der Waals surface area (Å²) in [4.78, 5) is 11.3. The molecular formula is C15H26O3. The molecule has 0 bridgehead atoms. The van der Waals surface area contributed by atoms with E-state index in [9.17, 15) is 9.90 Å². The summed E-state index contributed by atoms with van der Waals surface area (Å²) in [7, 11) is 0. The number of esters is 1. The van der Waals surface area contributed by atoms with Gasteiger partial charge in [-0.2, -0.15) is 0 Å². The lowest BCUT2D eigenvalue weighted by atomic mass is 10.00. The van der Waals surface area contributed by atoms with Crippen LogP contribution in [-0.2, 0) is 9.53 Å². The summed E-state index contributed by atoms with van der Waals surface area (Å²) in [5.41, 5.74) is 0.178. The molecule has 0 heterocycles. The fourth-order valence-electron chi connectivity index (χ4n) is 1.36. The van der Waals surface area contributed by atoms with Crippen molar-refractivity contribution in [2.24, 2.45) is 5.92 Å². The van der Waals surface area contributed by atoms with Gasteiger partial charge in [0.25, 0.3) is 0 Å². The van der Waals surface area contributed by atoms with Crippen molar-refractivity contribution in [1.29, 1.82) is 0 Å². The van der Waals surface area contributed by atoms with E-state index >= 15 is 0 Å². The van der Waals surface area contributed by atoms with Gasteiger partial charge in [0.05, 0.1) is 5.60 Å². The highest BCUT2D eigenvalue weighted by atomic mass is 16.5. The number of rotatable bonds is 8. The molecule has 1 N–H and O–H groups in total. The molecule has 0 fully saturated rings. The van der Waals surface area contributed by atoms with Crippen LogP contribution in [-0.4, -0.2) is 23.3 Å². The average molecular weight is 254 g/mol. The first-order chi connectivity index (χ1) is 8.26. The molecule has 0 rings (SSSR count). The second-order valence-corrected chi connectivity index (χ2v) is 5.41. The predicted octanol–water partition coefficient (Wildman–Crippen LogP) is 3.24. The van der Waals surface area contributed by atoms with Crippen LogP contribution in [0.2, 0.25) is 0 Å². The van der Waals surface area contributed by atoms with Crippen molar-refractivity contribution in [1.82, 2.24) is 0 Å². The second-order valence-electron chi connectivity index (χ2n) is 5.41. The number of carbonyl (C=O) groups excluding carboxylic acids is 1. The lowest BCUT2D eigenvalue weighted by molar-refractivity contribution is -0.143. The Labute approximate surface area is 111 Å². The van der Waals surface area contributed by atoms with Crippen molar-refractivity contribution in [3.63, 3.8) is 0 Å². The normalized spacial score (nSPS) is 15.3. The zero-order valence-corrected chi connectivity index (χ0v) is 12.0. The first-order valence-corrected chi connectivity index (χ1v) is 6.44. The highest BCUT2D eigenvalue weighted by Crippen LogP contribution is 2.14. The summed E-state index contributed by atoms with van der Waals surface area (Å²) in [6.07, 6.45) is 5.35. The van der Waals surface area contributed by atoms with Crippen molar-refractivity contribution in [3.8, 4) is 0 Å². The summed E-state index contributed by atoms with van der Waals surface area (Å²) in [5.74, 6) is 0.167. The van der Waals surface area contributed by atoms with Crippen LogP contribution in [0.1, 0.15) is 47.0 Å². The van der Waals surface area contributed by atoms with Crippen molar-refractivity contribution in [2.45, 2.75) is 52.6 Å². The largest absolute Gasteiger partial charge is 0.461 e. The number of hydrogen-bond acceptors (Lipinski definition) is 3. The third kappa shape index (κ3) is 8.99. The van der Waals surface area contributed by atoms with Crippen LogP contribution in [0.15, 0.2) is 24.3 Å². The Morgan fingerprint density at radius 3 is 2.61 bits per heavy atom. The minimum absolute atomic E-state index is 0.157. The van der Waals surface area contributed by atoms with Gasteiger partial charge in [-0.05, 0) is 38.2 Å². The Balaban J connectivity index is 3.92. The van der Waals surface area contributed by atoms with E-state index in [-0.39, 0.29) is 5.97 Å². The highest BCUT2D eigenvalue weighted by Gasteiger charge is 2.13. The molecule has 0 aliphatic heterocycles. The van der Waals surface area contributed by atoms with Crippen LogP contribution in [0.5, 0.6) is 0 Å². The molecule has 0 amide bonds. The minimum atomic E-state index is -0.828. The molecule has 1 atom stereocenters. The van der Waals surface area contributed by atoms with Gasteiger partial charge in [-0.3, -0.25) is 4.79 Å². The maximum atomic E-state index is 11.3. The zero-order valence-electron chi connectivity index (χ0n) is 12.0. The van der Waals surface area contributed by atoms with Gasteiger partial charge >= 0.3 is 5.97 Å². The van der Waals surface area contributed by atoms with E-state index < -0.39 is 5.60 Å². The monoisotopic (exact) mass is 254 g/mol. The average Bonchev–Trinajstić information content (AvgIpc) is 2.25. The summed E-state index contributed by atoms with van der Waals surface area (Å²) >= 11 is 0. The highest BCUT2D eigenvalue weighted by molar-refractivity contribution is 5.69. The Morgan fingerprint density at radius 1 is 1.50 bits per heavy atom. The van der Waals surface area contributed by atoms with Gasteiger partial charge < -0.3 is 9.84 Å². The molecular weight excluding hydrogens is 228 g/mol. The zero-order chi connectivity index (χ0) is 14.2. The molecule has 0 saturated heterocycles. The van der Waals surface area contributed by atoms with E-state index in [0.29, 0.717) is 25.4 Å². The molecule has 0 aliphatic carbocycles. The van der Waals surface area contributed by atoms with Gasteiger partial charge in [0, 0.05) is 6.42 Å².